The van der Waals surface area contributed by atoms with E-state index < -0.39 is 9.84 Å². The van der Waals surface area contributed by atoms with E-state index in [0.29, 0.717) is 5.69 Å². The van der Waals surface area contributed by atoms with Gasteiger partial charge < -0.3 is 5.32 Å². The summed E-state index contributed by atoms with van der Waals surface area (Å²) in [6, 6.07) is 2.98. The van der Waals surface area contributed by atoms with Crippen molar-refractivity contribution in [1.82, 2.24) is 10.3 Å². The zero-order valence-corrected chi connectivity index (χ0v) is 10.2. The first-order valence-corrected chi connectivity index (χ1v) is 6.84. The summed E-state index contributed by atoms with van der Waals surface area (Å²) >= 11 is 5.30. The highest BCUT2D eigenvalue weighted by atomic mass is 35.5. The number of hydrogen-bond acceptors (Lipinski definition) is 4. The van der Waals surface area contributed by atoms with Crippen LogP contribution in [0.15, 0.2) is 23.2 Å². The number of carbonyl (C=O) groups is 1. The van der Waals surface area contributed by atoms with Gasteiger partial charge in [0.25, 0.3) is 0 Å². The van der Waals surface area contributed by atoms with E-state index >= 15 is 0 Å². The Bertz CT molecular complexity index is 487. The van der Waals surface area contributed by atoms with E-state index in [2.05, 4.69) is 10.3 Å². The van der Waals surface area contributed by atoms with E-state index in [1.165, 1.54) is 18.3 Å². The Labute approximate surface area is 98.8 Å². The van der Waals surface area contributed by atoms with Crippen molar-refractivity contribution in [1.29, 1.82) is 0 Å². The fraction of sp³-hybridized carbons (Fsp3) is 0.333. The highest BCUT2D eigenvalue weighted by Crippen LogP contribution is 2.12. The molecule has 0 aliphatic carbocycles. The maximum Gasteiger partial charge on any atom is 0.235 e. The number of sulfone groups is 1. The molecule has 0 aromatic carbocycles. The van der Waals surface area contributed by atoms with Crippen molar-refractivity contribution in [3.63, 3.8) is 0 Å². The van der Waals surface area contributed by atoms with Crippen LogP contribution in [0, 0.1) is 0 Å². The van der Waals surface area contributed by atoms with Crippen molar-refractivity contribution in [2.75, 3.05) is 12.1 Å². The molecule has 0 saturated heterocycles. The van der Waals surface area contributed by atoms with Crippen molar-refractivity contribution in [2.24, 2.45) is 0 Å². The lowest BCUT2D eigenvalue weighted by atomic mass is 10.3. The smallest absolute Gasteiger partial charge is 0.235 e. The average Bonchev–Trinajstić information content (AvgIpc) is 2.25. The van der Waals surface area contributed by atoms with Gasteiger partial charge in [0, 0.05) is 12.5 Å². The largest absolute Gasteiger partial charge is 0.349 e. The van der Waals surface area contributed by atoms with Crippen LogP contribution < -0.4 is 5.32 Å². The Balaban J connectivity index is 2.93. The molecule has 0 saturated carbocycles. The molecule has 0 atom stereocenters. The lowest BCUT2D eigenvalue weighted by molar-refractivity contribution is -0.118. The number of amides is 1. The molecule has 0 spiro atoms. The number of hydrogen-bond donors (Lipinski definition) is 1. The lowest BCUT2D eigenvalue weighted by Gasteiger charge is -2.07. The first kappa shape index (κ1) is 12.9. The standard InChI is InChI=1S/C9H11ClN2O3S/c1-16(14,15)8-3-2-4-11-7(8)6-12-9(13)5-10/h2-4H,5-6H2,1H3,(H,12,13). The number of carbonyl (C=O) groups excluding carboxylic acids is 1. The molecule has 5 nitrogen and oxygen atoms in total. The van der Waals surface area contributed by atoms with Crippen LogP contribution in [-0.2, 0) is 21.2 Å². The second-order valence-electron chi connectivity index (χ2n) is 3.13. The van der Waals surface area contributed by atoms with Crippen LogP contribution >= 0.6 is 11.6 Å². The van der Waals surface area contributed by atoms with Gasteiger partial charge in [-0.05, 0) is 12.1 Å². The predicted molar refractivity (Wildman–Crippen MR) is 59.9 cm³/mol. The molecule has 1 N–H and O–H groups in total. The molecule has 1 heterocycles. The fourth-order valence-electron chi connectivity index (χ4n) is 1.12. The maximum absolute atomic E-state index is 11.4. The molecule has 0 fully saturated rings. The number of pyridine rings is 1. The number of nitrogens with one attached hydrogen (secondary N) is 1. The molecule has 0 radical (unpaired) electrons. The Morgan fingerprint density at radius 3 is 2.81 bits per heavy atom. The Morgan fingerprint density at radius 1 is 1.56 bits per heavy atom. The topological polar surface area (TPSA) is 76.1 Å². The Hall–Kier alpha value is -1.14. The quantitative estimate of drug-likeness (QED) is 0.794. The predicted octanol–water partition coefficient (Wildman–Crippen LogP) is 0.340. The second kappa shape index (κ2) is 5.27. The summed E-state index contributed by atoms with van der Waals surface area (Å²) in [7, 11) is -3.33. The molecule has 0 aliphatic heterocycles. The van der Waals surface area contributed by atoms with E-state index in [1.54, 1.807) is 0 Å². The van der Waals surface area contributed by atoms with Gasteiger partial charge in [0.15, 0.2) is 9.84 Å². The summed E-state index contributed by atoms with van der Waals surface area (Å²) in [6.45, 7) is 0.0504. The van der Waals surface area contributed by atoms with Gasteiger partial charge in [0.1, 0.15) is 5.88 Å². The van der Waals surface area contributed by atoms with Crippen molar-refractivity contribution >= 4 is 27.3 Å². The van der Waals surface area contributed by atoms with Gasteiger partial charge in [0.05, 0.1) is 17.1 Å². The molecule has 1 aromatic heterocycles. The van der Waals surface area contributed by atoms with Crippen LogP contribution in [0.2, 0.25) is 0 Å². The minimum absolute atomic E-state index is 0.0504. The summed E-state index contributed by atoms with van der Waals surface area (Å²) in [5, 5.41) is 2.46. The van der Waals surface area contributed by atoms with E-state index in [1.807, 2.05) is 0 Å². The first-order chi connectivity index (χ1) is 7.45. The molecular weight excluding hydrogens is 252 g/mol. The summed E-state index contributed by atoms with van der Waals surface area (Å²) in [5.74, 6) is -0.534. The molecule has 0 aliphatic rings. The Morgan fingerprint density at radius 2 is 2.25 bits per heavy atom. The monoisotopic (exact) mass is 262 g/mol. The molecule has 0 bridgehead atoms. The molecular formula is C9H11ClN2O3S. The number of nitrogens with zero attached hydrogens (tertiary/aromatic N) is 1. The van der Waals surface area contributed by atoms with Gasteiger partial charge in [-0.25, -0.2) is 8.42 Å². The fourth-order valence-corrected chi connectivity index (χ4v) is 2.10. The van der Waals surface area contributed by atoms with Crippen molar-refractivity contribution in [3.8, 4) is 0 Å². The summed E-state index contributed by atoms with van der Waals surface area (Å²) in [6.07, 6.45) is 2.56. The lowest BCUT2D eigenvalue weighted by Crippen LogP contribution is -2.25. The number of aromatic nitrogens is 1. The van der Waals surface area contributed by atoms with Crippen molar-refractivity contribution in [3.05, 3.63) is 24.0 Å². The SMILES string of the molecule is CS(=O)(=O)c1cccnc1CNC(=O)CCl. The minimum atomic E-state index is -3.33. The highest BCUT2D eigenvalue weighted by molar-refractivity contribution is 7.90. The van der Waals surface area contributed by atoms with Gasteiger partial charge in [-0.2, -0.15) is 0 Å². The molecule has 88 valence electrons. The van der Waals surface area contributed by atoms with Crippen LogP contribution in [0.4, 0.5) is 0 Å². The molecule has 1 amide bonds. The zero-order chi connectivity index (χ0) is 12.2. The van der Waals surface area contributed by atoms with Crippen molar-refractivity contribution < 1.29 is 13.2 Å². The van der Waals surface area contributed by atoms with Crippen LogP contribution in [0.5, 0.6) is 0 Å². The third kappa shape index (κ3) is 3.46. The van der Waals surface area contributed by atoms with E-state index in [0.717, 1.165) is 6.26 Å². The summed E-state index contributed by atoms with van der Waals surface area (Å²) < 4.78 is 22.8. The van der Waals surface area contributed by atoms with Crippen LogP contribution in [-0.4, -0.2) is 31.4 Å². The highest BCUT2D eigenvalue weighted by Gasteiger charge is 2.13. The van der Waals surface area contributed by atoms with E-state index in [-0.39, 0.29) is 23.2 Å². The number of rotatable bonds is 4. The molecule has 1 aromatic rings. The van der Waals surface area contributed by atoms with Crippen LogP contribution in [0.25, 0.3) is 0 Å². The third-order valence-corrected chi connectivity index (χ3v) is 3.24. The molecule has 1 rings (SSSR count). The zero-order valence-electron chi connectivity index (χ0n) is 8.60. The minimum Gasteiger partial charge on any atom is -0.349 e. The normalized spacial score (nSPS) is 11.1. The van der Waals surface area contributed by atoms with Crippen molar-refractivity contribution in [2.45, 2.75) is 11.4 Å². The van der Waals surface area contributed by atoms with Gasteiger partial charge in [0.2, 0.25) is 5.91 Å². The number of alkyl halides is 1. The van der Waals surface area contributed by atoms with Gasteiger partial charge in [-0.15, -0.1) is 11.6 Å². The number of halogens is 1. The van der Waals surface area contributed by atoms with E-state index in [9.17, 15) is 13.2 Å². The van der Waals surface area contributed by atoms with Gasteiger partial charge >= 0.3 is 0 Å². The molecule has 7 heteroatoms. The molecule has 16 heavy (non-hydrogen) atoms. The maximum atomic E-state index is 11.4. The Kier molecular flexibility index (Phi) is 4.26. The van der Waals surface area contributed by atoms with Gasteiger partial charge in [-0.3, -0.25) is 9.78 Å². The second-order valence-corrected chi connectivity index (χ2v) is 5.38. The summed E-state index contributed by atoms with van der Waals surface area (Å²) in [5.41, 5.74) is 0.309. The van der Waals surface area contributed by atoms with E-state index in [4.69, 9.17) is 11.6 Å². The molecule has 0 unspecified atom stereocenters. The first-order valence-electron chi connectivity index (χ1n) is 4.41. The average molecular weight is 263 g/mol. The third-order valence-electron chi connectivity index (χ3n) is 1.82. The van der Waals surface area contributed by atoms with Crippen LogP contribution in [0.3, 0.4) is 0 Å². The summed E-state index contributed by atoms with van der Waals surface area (Å²) in [4.78, 5) is 15.0. The van der Waals surface area contributed by atoms with Gasteiger partial charge in [-0.1, -0.05) is 0 Å². The van der Waals surface area contributed by atoms with Crippen LogP contribution in [0.1, 0.15) is 5.69 Å².